The third-order valence-electron chi connectivity index (χ3n) is 2.47. The van der Waals surface area contributed by atoms with Gasteiger partial charge in [-0.15, -0.1) is 0 Å². The van der Waals surface area contributed by atoms with E-state index in [0.29, 0.717) is 6.54 Å². The number of H-pyrrole nitrogens is 1. The Balaban J connectivity index is 1.91. The van der Waals surface area contributed by atoms with Crippen LogP contribution >= 0.6 is 0 Å². The van der Waals surface area contributed by atoms with Gasteiger partial charge in [0, 0.05) is 18.9 Å². The second-order valence-electron chi connectivity index (χ2n) is 3.80. The number of hydrogen-bond donors (Lipinski definition) is 6. The second kappa shape index (κ2) is 5.17. The van der Waals surface area contributed by atoms with Crippen LogP contribution in [-0.4, -0.2) is 28.4 Å². The molecule has 0 aromatic carbocycles. The highest BCUT2D eigenvalue weighted by atomic mass is 15.2. The fourth-order valence-corrected chi connectivity index (χ4v) is 1.70. The van der Waals surface area contributed by atoms with Gasteiger partial charge in [-0.3, -0.25) is 21.1 Å². The highest BCUT2D eigenvalue weighted by molar-refractivity contribution is 5.94. The number of aromatic amines is 1. The summed E-state index contributed by atoms with van der Waals surface area (Å²) in [5.41, 5.74) is 8.16. The third-order valence-corrected chi connectivity index (χ3v) is 2.47. The summed E-state index contributed by atoms with van der Waals surface area (Å²) in [6.45, 7) is 0.572. The van der Waals surface area contributed by atoms with Crippen LogP contribution in [0.25, 0.3) is 11.0 Å². The number of hydrogen-bond acceptors (Lipinski definition) is 3. The van der Waals surface area contributed by atoms with Crippen LogP contribution in [-0.2, 0) is 6.42 Å². The molecule has 18 heavy (non-hydrogen) atoms. The predicted molar refractivity (Wildman–Crippen MR) is 70.6 cm³/mol. The first-order valence-corrected chi connectivity index (χ1v) is 5.51. The van der Waals surface area contributed by atoms with E-state index in [0.717, 1.165) is 23.0 Å². The van der Waals surface area contributed by atoms with Gasteiger partial charge in [-0.1, -0.05) is 0 Å². The van der Waals surface area contributed by atoms with Gasteiger partial charge in [0.1, 0.15) is 0 Å². The van der Waals surface area contributed by atoms with Gasteiger partial charge in [-0.25, -0.2) is 0 Å². The molecular weight excluding hydrogens is 230 g/mol. The van der Waals surface area contributed by atoms with E-state index in [-0.39, 0.29) is 11.9 Å². The van der Waals surface area contributed by atoms with Crippen molar-refractivity contribution >= 4 is 23.0 Å². The lowest BCUT2D eigenvalue weighted by molar-refractivity contribution is 0.843. The molecule has 0 atom stereocenters. The summed E-state index contributed by atoms with van der Waals surface area (Å²) in [7, 11) is 0. The molecule has 0 fully saturated rings. The molecule has 2 aromatic rings. The smallest absolute Gasteiger partial charge is 0.195 e. The molecule has 2 rings (SSSR count). The molecule has 94 valence electrons. The van der Waals surface area contributed by atoms with Crippen molar-refractivity contribution in [3.63, 3.8) is 0 Å². The second-order valence-corrected chi connectivity index (χ2v) is 3.80. The monoisotopic (exact) mass is 245 g/mol. The Morgan fingerprint density at radius 2 is 2.28 bits per heavy atom. The first-order chi connectivity index (χ1) is 8.66. The Kier molecular flexibility index (Phi) is 3.42. The van der Waals surface area contributed by atoms with Crippen LogP contribution in [0.1, 0.15) is 5.56 Å². The van der Waals surface area contributed by atoms with Crippen molar-refractivity contribution in [3.05, 3.63) is 30.1 Å². The van der Waals surface area contributed by atoms with E-state index in [2.05, 4.69) is 20.6 Å². The number of pyridine rings is 1. The molecule has 7 heteroatoms. The minimum absolute atomic E-state index is 0.0234. The van der Waals surface area contributed by atoms with E-state index >= 15 is 0 Å². The number of nitrogens with two attached hydrogens (primary N) is 1. The molecule has 0 amide bonds. The van der Waals surface area contributed by atoms with Crippen molar-refractivity contribution < 1.29 is 0 Å². The molecule has 0 aliphatic carbocycles. The molecule has 0 aliphatic rings. The Labute approximate surface area is 104 Å². The van der Waals surface area contributed by atoms with Crippen LogP contribution in [0.15, 0.2) is 24.5 Å². The van der Waals surface area contributed by atoms with Gasteiger partial charge in [0.2, 0.25) is 0 Å². The summed E-state index contributed by atoms with van der Waals surface area (Å²) < 4.78 is 0. The van der Waals surface area contributed by atoms with Crippen LogP contribution < -0.4 is 16.4 Å². The van der Waals surface area contributed by atoms with Gasteiger partial charge in [-0.2, -0.15) is 0 Å². The molecule has 2 heterocycles. The van der Waals surface area contributed by atoms with Crippen molar-refractivity contribution in [2.24, 2.45) is 5.73 Å². The lowest BCUT2D eigenvalue weighted by Crippen LogP contribution is -2.43. The van der Waals surface area contributed by atoms with E-state index in [1.54, 1.807) is 6.20 Å². The Morgan fingerprint density at radius 3 is 3.06 bits per heavy atom. The van der Waals surface area contributed by atoms with E-state index in [4.69, 9.17) is 16.6 Å². The van der Waals surface area contributed by atoms with E-state index in [1.165, 1.54) is 0 Å². The summed E-state index contributed by atoms with van der Waals surface area (Å²) in [5, 5.41) is 19.6. The SMILES string of the molecule is N=C(N)NC(=N)NCCc1c[nH]c2cccnc12. The molecule has 0 bridgehead atoms. The molecule has 0 radical (unpaired) electrons. The fourth-order valence-electron chi connectivity index (χ4n) is 1.70. The fraction of sp³-hybridized carbons (Fsp3) is 0.182. The van der Waals surface area contributed by atoms with Crippen LogP contribution in [0.3, 0.4) is 0 Å². The molecule has 7 N–H and O–H groups in total. The normalized spacial score (nSPS) is 10.2. The molecule has 0 saturated carbocycles. The van der Waals surface area contributed by atoms with Gasteiger partial charge in [-0.05, 0) is 24.1 Å². The maximum absolute atomic E-state index is 7.44. The average molecular weight is 245 g/mol. The van der Waals surface area contributed by atoms with Crippen LogP contribution in [0, 0.1) is 10.8 Å². The van der Waals surface area contributed by atoms with Crippen LogP contribution in [0.2, 0.25) is 0 Å². The molecule has 0 unspecified atom stereocenters. The summed E-state index contributed by atoms with van der Waals surface area (Å²) in [5.74, 6) is -0.225. The van der Waals surface area contributed by atoms with Crippen LogP contribution in [0.5, 0.6) is 0 Å². The average Bonchev–Trinajstić information content (AvgIpc) is 2.72. The zero-order valence-electron chi connectivity index (χ0n) is 9.75. The molecule has 0 aliphatic heterocycles. The molecule has 0 saturated heterocycles. The van der Waals surface area contributed by atoms with Gasteiger partial charge in [0.25, 0.3) is 0 Å². The Bertz CT molecular complexity index is 572. The molecule has 0 spiro atoms. The first-order valence-electron chi connectivity index (χ1n) is 5.51. The standard InChI is InChI=1S/C11H15N7/c12-10(13)18-11(14)16-5-3-7-6-17-8-2-1-4-15-9(7)8/h1-2,4,6,17H,3,5H2,(H6,12,13,14,16,18). The number of rotatable bonds is 3. The van der Waals surface area contributed by atoms with E-state index in [9.17, 15) is 0 Å². The van der Waals surface area contributed by atoms with Gasteiger partial charge < -0.3 is 16.0 Å². The lowest BCUT2D eigenvalue weighted by atomic mass is 10.2. The first kappa shape index (κ1) is 11.9. The number of nitrogens with zero attached hydrogens (tertiary/aromatic N) is 1. The summed E-state index contributed by atoms with van der Waals surface area (Å²) in [4.78, 5) is 7.45. The highest BCUT2D eigenvalue weighted by Crippen LogP contribution is 2.14. The molecule has 7 nitrogen and oxygen atoms in total. The van der Waals surface area contributed by atoms with Crippen LogP contribution in [0.4, 0.5) is 0 Å². The predicted octanol–water partition coefficient (Wildman–Crippen LogP) is 0.113. The van der Waals surface area contributed by atoms with E-state index < -0.39 is 0 Å². The maximum Gasteiger partial charge on any atom is 0.195 e. The highest BCUT2D eigenvalue weighted by Gasteiger charge is 2.04. The quantitative estimate of drug-likeness (QED) is 0.339. The zero-order chi connectivity index (χ0) is 13.0. The number of guanidine groups is 2. The number of nitrogens with one attached hydrogen (secondary N) is 5. The largest absolute Gasteiger partial charge is 0.370 e. The van der Waals surface area contributed by atoms with Crippen molar-refractivity contribution in [3.8, 4) is 0 Å². The van der Waals surface area contributed by atoms with E-state index in [1.807, 2.05) is 18.3 Å². The lowest BCUT2D eigenvalue weighted by Gasteiger charge is -2.07. The minimum Gasteiger partial charge on any atom is -0.370 e. The van der Waals surface area contributed by atoms with Gasteiger partial charge in [0.15, 0.2) is 11.9 Å². The topological polar surface area (TPSA) is 126 Å². The number of fused-ring (bicyclic) bond motifs is 1. The van der Waals surface area contributed by atoms with Gasteiger partial charge >= 0.3 is 0 Å². The van der Waals surface area contributed by atoms with Crippen molar-refractivity contribution in [2.45, 2.75) is 6.42 Å². The molecular formula is C11H15N7. The molecule has 2 aromatic heterocycles. The minimum atomic E-state index is -0.249. The van der Waals surface area contributed by atoms with Gasteiger partial charge in [0.05, 0.1) is 11.0 Å². The Morgan fingerprint density at radius 1 is 1.44 bits per heavy atom. The summed E-state index contributed by atoms with van der Waals surface area (Å²) in [6, 6.07) is 3.85. The van der Waals surface area contributed by atoms with Crippen molar-refractivity contribution in [1.82, 2.24) is 20.6 Å². The zero-order valence-corrected chi connectivity index (χ0v) is 9.75. The summed E-state index contributed by atoms with van der Waals surface area (Å²) in [6.07, 6.45) is 4.41. The third kappa shape index (κ3) is 2.76. The summed E-state index contributed by atoms with van der Waals surface area (Å²) >= 11 is 0. The van der Waals surface area contributed by atoms with Crippen molar-refractivity contribution in [2.75, 3.05) is 6.54 Å². The number of aromatic nitrogens is 2. The Hall–Kier alpha value is -2.57. The van der Waals surface area contributed by atoms with Crippen molar-refractivity contribution in [1.29, 1.82) is 10.8 Å². The maximum atomic E-state index is 7.44.